The molecular weight excluding hydrogens is 238 g/mol. The minimum Gasteiger partial charge on any atom is -0.350 e. The van der Waals surface area contributed by atoms with Crippen LogP contribution in [0.2, 0.25) is 0 Å². The summed E-state index contributed by atoms with van der Waals surface area (Å²) in [5.74, 6) is 0.0228. The van der Waals surface area contributed by atoms with Crippen LogP contribution in [-0.4, -0.2) is 22.5 Å². The summed E-state index contributed by atoms with van der Waals surface area (Å²) in [7, 11) is 0. The van der Waals surface area contributed by atoms with Gasteiger partial charge in [-0.3, -0.25) is 15.1 Å². The summed E-state index contributed by atoms with van der Waals surface area (Å²) >= 11 is 0. The third-order valence-corrected chi connectivity index (χ3v) is 3.37. The van der Waals surface area contributed by atoms with E-state index in [-0.39, 0.29) is 23.5 Å². The predicted molar refractivity (Wildman–Crippen MR) is 77.8 cm³/mol. The minimum absolute atomic E-state index is 0.0228. The third kappa shape index (κ3) is 4.99. The van der Waals surface area contributed by atoms with Crippen LogP contribution < -0.4 is 10.6 Å². The summed E-state index contributed by atoms with van der Waals surface area (Å²) in [5.41, 5.74) is 0.776. The summed E-state index contributed by atoms with van der Waals surface area (Å²) in [4.78, 5) is 16.4. The molecule has 1 aromatic heterocycles. The lowest BCUT2D eigenvalue weighted by Gasteiger charge is -2.27. The van der Waals surface area contributed by atoms with Crippen LogP contribution in [0.1, 0.15) is 52.8 Å². The highest BCUT2D eigenvalue weighted by Gasteiger charge is 2.23. The minimum atomic E-state index is -0.247. The number of carbonyl (C=O) groups excluding carboxylic acids is 1. The Balaban J connectivity index is 2.55. The van der Waals surface area contributed by atoms with Gasteiger partial charge in [0.15, 0.2) is 0 Å². The van der Waals surface area contributed by atoms with E-state index in [1.54, 1.807) is 6.20 Å². The zero-order valence-electron chi connectivity index (χ0n) is 12.5. The molecule has 0 spiro atoms. The Kier molecular flexibility index (Phi) is 5.48. The molecule has 4 heteroatoms. The molecule has 1 heterocycles. The average Bonchev–Trinajstić information content (AvgIpc) is 2.39. The van der Waals surface area contributed by atoms with Gasteiger partial charge in [-0.05, 0) is 46.2 Å². The van der Waals surface area contributed by atoms with E-state index in [0.29, 0.717) is 0 Å². The summed E-state index contributed by atoms with van der Waals surface area (Å²) < 4.78 is 0. The van der Waals surface area contributed by atoms with Crippen LogP contribution in [0, 0.1) is 0 Å². The zero-order chi connectivity index (χ0) is 14.5. The van der Waals surface area contributed by atoms with Crippen LogP contribution in [0.5, 0.6) is 0 Å². The average molecular weight is 263 g/mol. The standard InChI is InChI=1S/C15H25N3O/c1-6-15(4,5)18-14(19)12(3)17-11(2)13-9-7-8-10-16-13/h7-12,17H,6H2,1-5H3,(H,18,19). The van der Waals surface area contributed by atoms with Gasteiger partial charge in [-0.1, -0.05) is 13.0 Å². The van der Waals surface area contributed by atoms with E-state index < -0.39 is 0 Å². The Morgan fingerprint density at radius 2 is 2.05 bits per heavy atom. The highest BCUT2D eigenvalue weighted by atomic mass is 16.2. The molecule has 0 aliphatic rings. The monoisotopic (exact) mass is 263 g/mol. The fourth-order valence-electron chi connectivity index (χ4n) is 1.70. The molecule has 0 radical (unpaired) electrons. The van der Waals surface area contributed by atoms with Gasteiger partial charge < -0.3 is 5.32 Å². The van der Waals surface area contributed by atoms with Crippen molar-refractivity contribution in [2.24, 2.45) is 0 Å². The van der Waals surface area contributed by atoms with E-state index in [1.807, 2.05) is 45.9 Å². The number of aromatic nitrogens is 1. The second kappa shape index (κ2) is 6.66. The molecule has 0 saturated carbocycles. The van der Waals surface area contributed by atoms with Gasteiger partial charge >= 0.3 is 0 Å². The molecule has 0 aliphatic carbocycles. The smallest absolute Gasteiger partial charge is 0.237 e. The molecule has 2 unspecified atom stereocenters. The third-order valence-electron chi connectivity index (χ3n) is 3.37. The van der Waals surface area contributed by atoms with Crippen LogP contribution in [-0.2, 0) is 4.79 Å². The van der Waals surface area contributed by atoms with Gasteiger partial charge in [0.25, 0.3) is 0 Å². The number of nitrogens with one attached hydrogen (secondary N) is 2. The first-order valence-corrected chi connectivity index (χ1v) is 6.84. The number of rotatable bonds is 6. The summed E-state index contributed by atoms with van der Waals surface area (Å²) in [6.45, 7) is 10.0. The maximum atomic E-state index is 12.1. The van der Waals surface area contributed by atoms with Gasteiger partial charge in [0.1, 0.15) is 0 Å². The van der Waals surface area contributed by atoms with Crippen LogP contribution in [0.3, 0.4) is 0 Å². The predicted octanol–water partition coefficient (Wildman–Crippen LogP) is 2.43. The van der Waals surface area contributed by atoms with Crippen LogP contribution >= 0.6 is 0 Å². The Morgan fingerprint density at radius 1 is 1.37 bits per heavy atom. The molecule has 0 saturated heterocycles. The molecule has 0 bridgehead atoms. The van der Waals surface area contributed by atoms with E-state index in [1.165, 1.54) is 0 Å². The Labute approximate surface area is 116 Å². The number of hydrogen-bond acceptors (Lipinski definition) is 3. The first-order chi connectivity index (χ1) is 8.85. The van der Waals surface area contributed by atoms with Crippen molar-refractivity contribution in [3.05, 3.63) is 30.1 Å². The quantitative estimate of drug-likeness (QED) is 0.829. The SMILES string of the molecule is CCC(C)(C)NC(=O)C(C)NC(C)c1ccccn1. The van der Waals surface area contributed by atoms with E-state index >= 15 is 0 Å². The van der Waals surface area contributed by atoms with Crippen molar-refractivity contribution in [3.8, 4) is 0 Å². The van der Waals surface area contributed by atoms with Gasteiger partial charge in [-0.25, -0.2) is 0 Å². The molecule has 19 heavy (non-hydrogen) atoms. The van der Waals surface area contributed by atoms with Crippen LogP contribution in [0.15, 0.2) is 24.4 Å². The number of amides is 1. The first kappa shape index (κ1) is 15.6. The van der Waals surface area contributed by atoms with Crippen molar-refractivity contribution < 1.29 is 4.79 Å². The lowest BCUT2D eigenvalue weighted by atomic mass is 10.0. The summed E-state index contributed by atoms with van der Waals surface area (Å²) in [6.07, 6.45) is 2.67. The van der Waals surface area contributed by atoms with Gasteiger partial charge in [0, 0.05) is 17.8 Å². The highest BCUT2D eigenvalue weighted by Crippen LogP contribution is 2.10. The molecule has 2 N–H and O–H groups in total. The van der Waals surface area contributed by atoms with Crippen LogP contribution in [0.25, 0.3) is 0 Å². The summed E-state index contributed by atoms with van der Waals surface area (Å²) in [6, 6.07) is 5.59. The van der Waals surface area contributed by atoms with Gasteiger partial charge in [-0.15, -0.1) is 0 Å². The largest absolute Gasteiger partial charge is 0.350 e. The van der Waals surface area contributed by atoms with E-state index in [9.17, 15) is 4.79 Å². The number of nitrogens with zero attached hydrogens (tertiary/aromatic N) is 1. The fourth-order valence-corrected chi connectivity index (χ4v) is 1.70. The maximum absolute atomic E-state index is 12.1. The summed E-state index contributed by atoms with van der Waals surface area (Å²) in [5, 5.41) is 6.31. The molecule has 1 amide bonds. The molecule has 1 aromatic rings. The van der Waals surface area contributed by atoms with Gasteiger partial charge in [0.2, 0.25) is 5.91 Å². The Morgan fingerprint density at radius 3 is 2.58 bits per heavy atom. The van der Waals surface area contributed by atoms with Crippen molar-refractivity contribution in [1.82, 2.24) is 15.6 Å². The van der Waals surface area contributed by atoms with Crippen molar-refractivity contribution in [2.75, 3.05) is 0 Å². The van der Waals surface area contributed by atoms with Gasteiger partial charge in [0.05, 0.1) is 11.7 Å². The van der Waals surface area contributed by atoms with Gasteiger partial charge in [-0.2, -0.15) is 0 Å². The van der Waals surface area contributed by atoms with Crippen molar-refractivity contribution >= 4 is 5.91 Å². The van der Waals surface area contributed by atoms with Crippen molar-refractivity contribution in [2.45, 2.75) is 58.7 Å². The fraction of sp³-hybridized carbons (Fsp3) is 0.600. The van der Waals surface area contributed by atoms with E-state index in [0.717, 1.165) is 12.1 Å². The molecule has 1 rings (SSSR count). The lowest BCUT2D eigenvalue weighted by molar-refractivity contribution is -0.124. The Hall–Kier alpha value is -1.42. The molecule has 0 aromatic carbocycles. The number of carbonyl (C=O) groups is 1. The second-order valence-corrected chi connectivity index (χ2v) is 5.59. The van der Waals surface area contributed by atoms with E-state index in [4.69, 9.17) is 0 Å². The van der Waals surface area contributed by atoms with Crippen molar-refractivity contribution in [3.63, 3.8) is 0 Å². The lowest BCUT2D eigenvalue weighted by Crippen LogP contribution is -2.51. The molecule has 2 atom stereocenters. The van der Waals surface area contributed by atoms with Crippen molar-refractivity contribution in [1.29, 1.82) is 0 Å². The molecule has 0 fully saturated rings. The molecule has 0 aliphatic heterocycles. The highest BCUT2D eigenvalue weighted by molar-refractivity contribution is 5.82. The topological polar surface area (TPSA) is 54.0 Å². The zero-order valence-corrected chi connectivity index (χ0v) is 12.5. The molecule has 106 valence electrons. The second-order valence-electron chi connectivity index (χ2n) is 5.59. The normalized spacial score (nSPS) is 14.8. The first-order valence-electron chi connectivity index (χ1n) is 6.84. The molecule has 4 nitrogen and oxygen atoms in total. The Bertz CT molecular complexity index is 403. The molecular formula is C15H25N3O. The maximum Gasteiger partial charge on any atom is 0.237 e. The van der Waals surface area contributed by atoms with Crippen LogP contribution in [0.4, 0.5) is 0 Å². The van der Waals surface area contributed by atoms with E-state index in [2.05, 4.69) is 22.5 Å². The number of pyridine rings is 1. The number of hydrogen-bond donors (Lipinski definition) is 2.